The van der Waals surface area contributed by atoms with Crippen LogP contribution < -0.4 is 10.2 Å². The minimum absolute atomic E-state index is 0.0266. The van der Waals surface area contributed by atoms with Crippen molar-refractivity contribution in [2.75, 3.05) is 51.3 Å². The van der Waals surface area contributed by atoms with E-state index in [0.29, 0.717) is 26.2 Å². The fraction of sp³-hybridized carbons (Fsp3) is 0.556. The number of likely N-dealkylation sites (tertiary alicyclic amines) is 1. The van der Waals surface area contributed by atoms with Crippen LogP contribution in [0.3, 0.4) is 0 Å². The molecular weight excluding hydrogens is 356 g/mol. The van der Waals surface area contributed by atoms with Crippen LogP contribution in [0.4, 0.5) is 15.3 Å². The van der Waals surface area contributed by atoms with Crippen molar-refractivity contribution in [1.82, 2.24) is 15.1 Å². The Morgan fingerprint density at radius 1 is 1.15 bits per heavy atom. The van der Waals surface area contributed by atoms with Crippen LogP contribution in [0, 0.1) is 0 Å². The van der Waals surface area contributed by atoms with Crippen LogP contribution in [0.2, 0.25) is 5.02 Å². The van der Waals surface area contributed by atoms with Crippen LogP contribution in [0.5, 0.6) is 0 Å². The average molecular weight is 381 g/mol. The molecule has 1 unspecified atom stereocenters. The molecule has 1 aromatic carbocycles. The number of piperazine rings is 1. The van der Waals surface area contributed by atoms with Gasteiger partial charge in [0.1, 0.15) is 0 Å². The highest BCUT2D eigenvalue weighted by atomic mass is 35.5. The molecule has 2 saturated heterocycles. The van der Waals surface area contributed by atoms with Crippen molar-refractivity contribution in [3.8, 4) is 0 Å². The van der Waals surface area contributed by atoms with Gasteiger partial charge in [-0.25, -0.2) is 9.59 Å². The predicted octanol–water partition coefficient (Wildman–Crippen LogP) is 2.40. The zero-order valence-corrected chi connectivity index (χ0v) is 15.7. The summed E-state index contributed by atoms with van der Waals surface area (Å²) in [5.74, 6) is 0. The largest absolute Gasteiger partial charge is 0.453 e. The van der Waals surface area contributed by atoms with E-state index >= 15 is 0 Å². The number of amides is 3. The number of methoxy groups -OCH3 is 1. The van der Waals surface area contributed by atoms with E-state index < -0.39 is 0 Å². The number of hydrogen-bond acceptors (Lipinski definition) is 4. The lowest BCUT2D eigenvalue weighted by molar-refractivity contribution is 0.106. The number of rotatable bonds is 2. The third kappa shape index (κ3) is 4.52. The second-order valence-corrected chi connectivity index (χ2v) is 7.10. The van der Waals surface area contributed by atoms with E-state index in [1.165, 1.54) is 7.11 Å². The van der Waals surface area contributed by atoms with Gasteiger partial charge in [0.15, 0.2) is 0 Å². The topological polar surface area (TPSA) is 65.1 Å². The second-order valence-electron chi connectivity index (χ2n) is 6.66. The van der Waals surface area contributed by atoms with Crippen molar-refractivity contribution in [3.05, 3.63) is 29.3 Å². The molecule has 1 N–H and O–H groups in total. The first-order chi connectivity index (χ1) is 12.6. The van der Waals surface area contributed by atoms with E-state index in [1.54, 1.807) is 4.90 Å². The van der Waals surface area contributed by atoms with Crippen LogP contribution in [0.1, 0.15) is 12.8 Å². The predicted molar refractivity (Wildman–Crippen MR) is 101 cm³/mol. The molecule has 0 saturated carbocycles. The molecule has 0 spiro atoms. The van der Waals surface area contributed by atoms with E-state index in [-0.39, 0.29) is 18.2 Å². The summed E-state index contributed by atoms with van der Waals surface area (Å²) in [6.07, 6.45) is 1.41. The van der Waals surface area contributed by atoms with Crippen LogP contribution in [0.15, 0.2) is 24.3 Å². The zero-order valence-electron chi connectivity index (χ0n) is 15.0. The molecule has 2 heterocycles. The maximum Gasteiger partial charge on any atom is 0.409 e. The van der Waals surface area contributed by atoms with Gasteiger partial charge in [0.05, 0.1) is 7.11 Å². The smallest absolute Gasteiger partial charge is 0.409 e. The fourth-order valence-electron chi connectivity index (χ4n) is 3.50. The van der Waals surface area contributed by atoms with Gasteiger partial charge in [-0.3, -0.25) is 0 Å². The lowest BCUT2D eigenvalue weighted by atomic mass is 10.1. The number of urea groups is 1. The SMILES string of the molecule is COC(=O)N1CCCC(NC(=O)N2CCN(c3cccc(Cl)c3)CC2)C1. The summed E-state index contributed by atoms with van der Waals surface area (Å²) in [6.45, 7) is 4.04. The first-order valence-corrected chi connectivity index (χ1v) is 9.33. The summed E-state index contributed by atoms with van der Waals surface area (Å²) in [4.78, 5) is 29.9. The highest BCUT2D eigenvalue weighted by Crippen LogP contribution is 2.21. The standard InChI is InChI=1S/C18H25ClN4O3/c1-26-18(25)23-7-3-5-15(13-23)20-17(24)22-10-8-21(9-11-22)16-6-2-4-14(19)12-16/h2,4,6,12,15H,3,5,7-11,13H2,1H3,(H,20,24). The van der Waals surface area contributed by atoms with E-state index in [4.69, 9.17) is 16.3 Å². The number of nitrogens with zero attached hydrogens (tertiary/aromatic N) is 3. The quantitative estimate of drug-likeness (QED) is 0.855. The number of benzene rings is 1. The monoisotopic (exact) mass is 380 g/mol. The Labute approximate surface area is 158 Å². The maximum absolute atomic E-state index is 12.6. The first kappa shape index (κ1) is 18.6. The third-order valence-electron chi connectivity index (χ3n) is 4.92. The molecule has 1 atom stereocenters. The van der Waals surface area contributed by atoms with Crippen molar-refractivity contribution in [1.29, 1.82) is 0 Å². The van der Waals surface area contributed by atoms with Crippen LogP contribution in [0.25, 0.3) is 0 Å². The van der Waals surface area contributed by atoms with Gasteiger partial charge in [0.25, 0.3) is 0 Å². The number of nitrogens with one attached hydrogen (secondary N) is 1. The van der Waals surface area contributed by atoms with Gasteiger partial charge in [0.2, 0.25) is 0 Å². The van der Waals surface area contributed by atoms with Gasteiger partial charge in [-0.1, -0.05) is 17.7 Å². The second kappa shape index (κ2) is 8.49. The summed E-state index contributed by atoms with van der Waals surface area (Å²) in [5, 5.41) is 3.78. The summed E-state index contributed by atoms with van der Waals surface area (Å²) in [5.41, 5.74) is 1.08. The summed E-state index contributed by atoms with van der Waals surface area (Å²) < 4.78 is 4.77. The lowest BCUT2D eigenvalue weighted by Gasteiger charge is -2.38. The third-order valence-corrected chi connectivity index (χ3v) is 5.16. The highest BCUT2D eigenvalue weighted by Gasteiger charge is 2.28. The Morgan fingerprint density at radius 3 is 2.62 bits per heavy atom. The number of piperidine rings is 1. The molecule has 26 heavy (non-hydrogen) atoms. The Bertz CT molecular complexity index is 649. The Kier molecular flexibility index (Phi) is 6.08. The van der Waals surface area contributed by atoms with Crippen LogP contribution in [-0.2, 0) is 4.74 Å². The molecule has 1 aromatic rings. The van der Waals surface area contributed by atoms with Crippen molar-refractivity contribution in [2.45, 2.75) is 18.9 Å². The minimum Gasteiger partial charge on any atom is -0.453 e. The molecule has 0 aromatic heterocycles. The average Bonchev–Trinajstić information content (AvgIpc) is 2.67. The molecule has 3 amide bonds. The van der Waals surface area contributed by atoms with Crippen LogP contribution in [-0.4, -0.2) is 74.3 Å². The van der Waals surface area contributed by atoms with E-state index in [1.807, 2.05) is 29.2 Å². The molecule has 142 valence electrons. The molecule has 0 bridgehead atoms. The van der Waals surface area contributed by atoms with Gasteiger partial charge in [-0.15, -0.1) is 0 Å². The van der Waals surface area contributed by atoms with E-state index in [0.717, 1.165) is 36.6 Å². The van der Waals surface area contributed by atoms with Crippen LogP contribution >= 0.6 is 11.6 Å². The number of hydrogen-bond donors (Lipinski definition) is 1. The molecular formula is C18H25ClN4O3. The van der Waals surface area contributed by atoms with Crippen molar-refractivity contribution in [2.24, 2.45) is 0 Å². The Morgan fingerprint density at radius 2 is 1.92 bits per heavy atom. The number of anilines is 1. The number of halogens is 1. The summed E-state index contributed by atoms with van der Waals surface area (Å²) in [7, 11) is 1.38. The molecule has 0 radical (unpaired) electrons. The van der Waals surface area contributed by atoms with Gasteiger partial charge in [-0.05, 0) is 31.0 Å². The van der Waals surface area contributed by atoms with E-state index in [2.05, 4.69) is 10.2 Å². The number of carbonyl (C=O) groups is 2. The normalized spacial score (nSPS) is 20.7. The van der Waals surface area contributed by atoms with Crippen molar-refractivity contribution >= 4 is 29.4 Å². The first-order valence-electron chi connectivity index (χ1n) is 8.95. The zero-order chi connectivity index (χ0) is 18.5. The van der Waals surface area contributed by atoms with Crippen molar-refractivity contribution in [3.63, 3.8) is 0 Å². The van der Waals surface area contributed by atoms with Gasteiger partial charge >= 0.3 is 12.1 Å². The Balaban J connectivity index is 1.48. The van der Waals surface area contributed by atoms with Crippen molar-refractivity contribution < 1.29 is 14.3 Å². The molecule has 8 heteroatoms. The molecule has 3 rings (SSSR count). The summed E-state index contributed by atoms with van der Waals surface area (Å²) >= 11 is 6.06. The molecule has 2 aliphatic heterocycles. The lowest BCUT2D eigenvalue weighted by Crippen LogP contribution is -2.56. The molecule has 7 nitrogen and oxygen atoms in total. The van der Waals surface area contributed by atoms with E-state index in [9.17, 15) is 9.59 Å². The van der Waals surface area contributed by atoms with Gasteiger partial charge < -0.3 is 24.8 Å². The molecule has 2 fully saturated rings. The van der Waals surface area contributed by atoms with Gasteiger partial charge in [-0.2, -0.15) is 0 Å². The maximum atomic E-state index is 12.6. The highest BCUT2D eigenvalue weighted by molar-refractivity contribution is 6.30. The van der Waals surface area contributed by atoms with Gasteiger partial charge in [0, 0.05) is 56.0 Å². The number of ether oxygens (including phenoxy) is 1. The summed E-state index contributed by atoms with van der Waals surface area (Å²) in [6, 6.07) is 7.68. The fourth-order valence-corrected chi connectivity index (χ4v) is 3.68. The number of carbonyl (C=O) groups excluding carboxylic acids is 2. The Hall–Kier alpha value is -2.15. The minimum atomic E-state index is -0.334. The molecule has 0 aliphatic carbocycles. The molecule has 2 aliphatic rings.